The number of aryl methyl sites for hydroxylation is 1. The van der Waals surface area contributed by atoms with Crippen molar-refractivity contribution in [3.63, 3.8) is 0 Å². The summed E-state index contributed by atoms with van der Waals surface area (Å²) in [5, 5.41) is 3.29. The van der Waals surface area contributed by atoms with Gasteiger partial charge in [0.05, 0.1) is 23.9 Å². The van der Waals surface area contributed by atoms with E-state index in [0.717, 1.165) is 10.3 Å². The third-order valence-corrected chi connectivity index (χ3v) is 4.19. The standard InChI is InChI=1S/C18H19N3O5/c1-10-14(8-12-4-5-13(25-3)9-15(12)20-10)17(23)26-11(2)16(22)21-7-6-19-18(21)24/h4-5,8-9,11H,6-7H2,1-3H3,(H,19,24)/t11-/m0/s1. The Hall–Kier alpha value is -3.16. The van der Waals surface area contributed by atoms with Crippen molar-refractivity contribution < 1.29 is 23.9 Å². The average molecular weight is 357 g/mol. The Kier molecular flexibility index (Phi) is 4.75. The van der Waals surface area contributed by atoms with Crippen LogP contribution in [0, 0.1) is 6.92 Å². The number of nitrogens with zero attached hydrogens (tertiary/aromatic N) is 2. The van der Waals surface area contributed by atoms with Gasteiger partial charge in [0.15, 0.2) is 6.10 Å². The summed E-state index contributed by atoms with van der Waals surface area (Å²) in [4.78, 5) is 41.7. The highest BCUT2D eigenvalue weighted by molar-refractivity contribution is 6.00. The van der Waals surface area contributed by atoms with Crippen LogP contribution in [-0.4, -0.2) is 54.1 Å². The number of ether oxygens (including phenoxy) is 2. The van der Waals surface area contributed by atoms with E-state index in [1.165, 1.54) is 6.92 Å². The number of carbonyl (C=O) groups is 3. The third-order valence-electron chi connectivity index (χ3n) is 4.19. The largest absolute Gasteiger partial charge is 0.497 e. The molecule has 0 spiro atoms. The maximum Gasteiger partial charge on any atom is 0.340 e. The van der Waals surface area contributed by atoms with Crippen LogP contribution < -0.4 is 10.1 Å². The lowest BCUT2D eigenvalue weighted by Crippen LogP contribution is -2.41. The molecule has 8 heteroatoms. The number of aromatic nitrogens is 1. The van der Waals surface area contributed by atoms with Gasteiger partial charge >= 0.3 is 12.0 Å². The van der Waals surface area contributed by atoms with Gasteiger partial charge in [-0.3, -0.25) is 14.7 Å². The Balaban J connectivity index is 1.79. The first-order chi connectivity index (χ1) is 12.4. The summed E-state index contributed by atoms with van der Waals surface area (Å²) in [6.45, 7) is 3.79. The molecule has 2 aromatic rings. The van der Waals surface area contributed by atoms with Crippen LogP contribution in [0.5, 0.6) is 5.75 Å². The fourth-order valence-corrected chi connectivity index (χ4v) is 2.75. The van der Waals surface area contributed by atoms with E-state index in [-0.39, 0.29) is 12.1 Å². The van der Waals surface area contributed by atoms with Gasteiger partial charge in [0, 0.05) is 24.5 Å². The smallest absolute Gasteiger partial charge is 0.340 e. The van der Waals surface area contributed by atoms with Crippen molar-refractivity contribution in [2.45, 2.75) is 20.0 Å². The molecule has 0 bridgehead atoms. The zero-order chi connectivity index (χ0) is 18.8. The van der Waals surface area contributed by atoms with E-state index in [2.05, 4.69) is 10.3 Å². The summed E-state index contributed by atoms with van der Waals surface area (Å²) in [6, 6.07) is 6.53. The zero-order valence-electron chi connectivity index (χ0n) is 14.7. The fraction of sp³-hybridized carbons (Fsp3) is 0.333. The van der Waals surface area contributed by atoms with Gasteiger partial charge in [0.2, 0.25) is 0 Å². The first kappa shape index (κ1) is 17.7. The van der Waals surface area contributed by atoms with Crippen LogP contribution in [0.4, 0.5) is 4.79 Å². The Morgan fingerprint density at radius 2 is 2.08 bits per heavy atom. The summed E-state index contributed by atoms with van der Waals surface area (Å²) < 4.78 is 10.4. The van der Waals surface area contributed by atoms with E-state index in [4.69, 9.17) is 9.47 Å². The summed E-state index contributed by atoms with van der Waals surface area (Å²) in [6.07, 6.45) is -1.07. The minimum atomic E-state index is -1.07. The first-order valence-corrected chi connectivity index (χ1v) is 8.16. The lowest BCUT2D eigenvalue weighted by Gasteiger charge is -2.18. The SMILES string of the molecule is COc1ccc2cc(C(=O)O[C@@H](C)C(=O)N3CCNC3=O)c(C)nc2c1. The second-order valence-corrected chi connectivity index (χ2v) is 5.95. The van der Waals surface area contributed by atoms with Crippen molar-refractivity contribution in [1.82, 2.24) is 15.2 Å². The van der Waals surface area contributed by atoms with Crippen LogP contribution in [-0.2, 0) is 9.53 Å². The molecule has 0 saturated carbocycles. The first-order valence-electron chi connectivity index (χ1n) is 8.16. The molecule has 1 aromatic carbocycles. The number of nitrogens with one attached hydrogen (secondary N) is 1. The van der Waals surface area contributed by atoms with E-state index in [0.29, 0.717) is 23.5 Å². The quantitative estimate of drug-likeness (QED) is 0.836. The number of urea groups is 1. The molecular weight excluding hydrogens is 338 g/mol. The molecule has 1 atom stereocenters. The number of hydrogen-bond donors (Lipinski definition) is 1. The zero-order valence-corrected chi connectivity index (χ0v) is 14.7. The molecule has 1 fully saturated rings. The van der Waals surface area contributed by atoms with E-state index in [1.54, 1.807) is 38.3 Å². The predicted molar refractivity (Wildman–Crippen MR) is 93.0 cm³/mol. The second-order valence-electron chi connectivity index (χ2n) is 5.95. The van der Waals surface area contributed by atoms with Gasteiger partial charge in [-0.1, -0.05) is 0 Å². The van der Waals surface area contributed by atoms with Gasteiger partial charge in [0.25, 0.3) is 5.91 Å². The van der Waals surface area contributed by atoms with Gasteiger partial charge in [0.1, 0.15) is 5.75 Å². The monoisotopic (exact) mass is 357 g/mol. The van der Waals surface area contributed by atoms with Crippen molar-refractivity contribution in [1.29, 1.82) is 0 Å². The number of carbonyl (C=O) groups excluding carboxylic acids is 3. The van der Waals surface area contributed by atoms with Crippen molar-refractivity contribution in [3.8, 4) is 5.75 Å². The Bertz CT molecular complexity index is 896. The van der Waals surface area contributed by atoms with Crippen LogP contribution in [0.1, 0.15) is 23.0 Å². The van der Waals surface area contributed by atoms with Gasteiger partial charge in [-0.15, -0.1) is 0 Å². The maximum atomic E-state index is 12.5. The molecule has 8 nitrogen and oxygen atoms in total. The molecule has 3 amide bonds. The van der Waals surface area contributed by atoms with E-state index < -0.39 is 24.0 Å². The van der Waals surface area contributed by atoms with Crippen molar-refractivity contribution in [3.05, 3.63) is 35.5 Å². The Morgan fingerprint density at radius 3 is 2.73 bits per heavy atom. The summed E-state index contributed by atoms with van der Waals surface area (Å²) in [7, 11) is 1.57. The topological polar surface area (TPSA) is 97.8 Å². The predicted octanol–water partition coefficient (Wildman–Crippen LogP) is 1.65. The number of hydrogen-bond acceptors (Lipinski definition) is 6. The lowest BCUT2D eigenvalue weighted by molar-refractivity contribution is -0.136. The normalized spacial score (nSPS) is 14.9. The van der Waals surface area contributed by atoms with Crippen LogP contribution >= 0.6 is 0 Å². The van der Waals surface area contributed by atoms with Crippen molar-refractivity contribution in [2.24, 2.45) is 0 Å². The van der Waals surface area contributed by atoms with Gasteiger partial charge < -0.3 is 14.8 Å². The van der Waals surface area contributed by atoms with E-state index >= 15 is 0 Å². The van der Waals surface area contributed by atoms with Crippen LogP contribution in [0.2, 0.25) is 0 Å². The van der Waals surface area contributed by atoms with Crippen LogP contribution in [0.3, 0.4) is 0 Å². The molecule has 1 aliphatic heterocycles. The molecule has 1 aliphatic rings. The molecule has 26 heavy (non-hydrogen) atoms. The van der Waals surface area contributed by atoms with Crippen LogP contribution in [0.25, 0.3) is 10.9 Å². The minimum absolute atomic E-state index is 0.262. The molecule has 1 saturated heterocycles. The molecule has 0 aliphatic carbocycles. The number of methoxy groups -OCH3 is 1. The van der Waals surface area contributed by atoms with Crippen molar-refractivity contribution >= 4 is 28.8 Å². The Labute approximate surface area is 150 Å². The fourth-order valence-electron chi connectivity index (χ4n) is 2.75. The number of rotatable bonds is 4. The molecule has 1 aromatic heterocycles. The maximum absolute atomic E-state index is 12.5. The number of pyridine rings is 1. The Morgan fingerprint density at radius 1 is 1.31 bits per heavy atom. The van der Waals surface area contributed by atoms with Gasteiger partial charge in [-0.05, 0) is 32.0 Å². The summed E-state index contributed by atoms with van der Waals surface area (Å²) in [5.74, 6) is -0.541. The molecule has 136 valence electrons. The lowest BCUT2D eigenvalue weighted by atomic mass is 10.1. The summed E-state index contributed by atoms with van der Waals surface area (Å²) >= 11 is 0. The average Bonchev–Trinajstić information content (AvgIpc) is 3.05. The highest BCUT2D eigenvalue weighted by atomic mass is 16.5. The highest BCUT2D eigenvalue weighted by Gasteiger charge is 2.32. The van der Waals surface area contributed by atoms with Gasteiger partial charge in [-0.2, -0.15) is 0 Å². The molecule has 0 radical (unpaired) electrons. The highest BCUT2D eigenvalue weighted by Crippen LogP contribution is 2.22. The minimum Gasteiger partial charge on any atom is -0.497 e. The second kappa shape index (κ2) is 6.99. The molecule has 3 rings (SSSR count). The number of fused-ring (bicyclic) bond motifs is 1. The van der Waals surface area contributed by atoms with Gasteiger partial charge in [-0.25, -0.2) is 9.59 Å². The number of amides is 3. The van der Waals surface area contributed by atoms with E-state index in [9.17, 15) is 14.4 Å². The molecular formula is C18H19N3O5. The summed E-state index contributed by atoms with van der Waals surface area (Å²) in [5.41, 5.74) is 1.44. The number of imide groups is 1. The third kappa shape index (κ3) is 3.30. The van der Waals surface area contributed by atoms with Crippen molar-refractivity contribution in [2.75, 3.05) is 20.2 Å². The molecule has 1 N–H and O–H groups in total. The number of esters is 1. The van der Waals surface area contributed by atoms with Crippen LogP contribution in [0.15, 0.2) is 24.3 Å². The molecule has 0 unspecified atom stereocenters. The van der Waals surface area contributed by atoms with E-state index in [1.807, 2.05) is 0 Å². The molecule has 2 heterocycles. The number of benzene rings is 1.